The molecule has 1 aliphatic heterocycles. The zero-order chi connectivity index (χ0) is 17.9. The summed E-state index contributed by atoms with van der Waals surface area (Å²) in [6.45, 7) is 2.87. The summed E-state index contributed by atoms with van der Waals surface area (Å²) in [5.74, 6) is -0.104. The molecule has 1 N–H and O–H groups in total. The molecule has 1 aromatic carbocycles. The van der Waals surface area contributed by atoms with E-state index in [-0.39, 0.29) is 16.8 Å². The summed E-state index contributed by atoms with van der Waals surface area (Å²) in [7, 11) is -3.52. The van der Waals surface area contributed by atoms with Gasteiger partial charge in [-0.05, 0) is 44.0 Å². The molecule has 0 saturated carbocycles. The van der Waals surface area contributed by atoms with Crippen LogP contribution in [0.2, 0.25) is 0 Å². The largest absolute Gasteiger partial charge is 0.337 e. The molecule has 6 nitrogen and oxygen atoms in total. The molecular formula is C18H21N3O3S. The van der Waals surface area contributed by atoms with Gasteiger partial charge in [-0.1, -0.05) is 24.3 Å². The fourth-order valence-corrected chi connectivity index (χ4v) is 4.24. The standard InChI is InChI=1S/C18H21N3O3S/c1-14-6-5-9-17(19-14)18(22)21-12-10-15(11-13-21)20-25(23,24)16-7-3-2-4-8-16/h2-9,15,20H,10-13H2,1H3. The number of carbonyl (C=O) groups is 1. The Morgan fingerprint density at radius 1 is 1.08 bits per heavy atom. The van der Waals surface area contributed by atoms with E-state index in [2.05, 4.69) is 9.71 Å². The van der Waals surface area contributed by atoms with E-state index in [0.29, 0.717) is 31.6 Å². The Morgan fingerprint density at radius 3 is 2.40 bits per heavy atom. The molecule has 25 heavy (non-hydrogen) atoms. The minimum atomic E-state index is -3.52. The lowest BCUT2D eigenvalue weighted by Crippen LogP contribution is -2.46. The van der Waals surface area contributed by atoms with Crippen LogP contribution in [0.15, 0.2) is 53.4 Å². The molecule has 7 heteroatoms. The summed E-state index contributed by atoms with van der Waals surface area (Å²) in [5, 5.41) is 0. The molecule has 3 rings (SSSR count). The van der Waals surface area contributed by atoms with Crippen molar-refractivity contribution in [2.75, 3.05) is 13.1 Å². The quantitative estimate of drug-likeness (QED) is 0.905. The Bertz CT molecular complexity index is 845. The van der Waals surface area contributed by atoms with E-state index in [1.807, 2.05) is 19.1 Å². The van der Waals surface area contributed by atoms with Gasteiger partial charge in [-0.3, -0.25) is 4.79 Å². The van der Waals surface area contributed by atoms with Crippen LogP contribution in [0.3, 0.4) is 0 Å². The third-order valence-corrected chi connectivity index (χ3v) is 5.80. The first kappa shape index (κ1) is 17.6. The lowest BCUT2D eigenvalue weighted by molar-refractivity contribution is 0.0705. The SMILES string of the molecule is Cc1cccc(C(=O)N2CCC(NS(=O)(=O)c3ccccc3)CC2)n1. The van der Waals surface area contributed by atoms with Crippen molar-refractivity contribution in [2.45, 2.75) is 30.7 Å². The van der Waals surface area contributed by atoms with E-state index in [0.717, 1.165) is 5.69 Å². The van der Waals surface area contributed by atoms with Crippen LogP contribution in [0, 0.1) is 6.92 Å². The molecule has 0 radical (unpaired) electrons. The van der Waals surface area contributed by atoms with E-state index in [1.54, 1.807) is 41.3 Å². The zero-order valence-electron chi connectivity index (χ0n) is 14.1. The molecule has 0 bridgehead atoms. The number of nitrogens with zero attached hydrogens (tertiary/aromatic N) is 2. The summed E-state index contributed by atoms with van der Waals surface area (Å²) >= 11 is 0. The van der Waals surface area contributed by atoms with Crippen molar-refractivity contribution in [1.29, 1.82) is 0 Å². The summed E-state index contributed by atoms with van der Waals surface area (Å²) in [4.78, 5) is 18.7. The average molecular weight is 359 g/mol. The lowest BCUT2D eigenvalue weighted by Gasteiger charge is -2.32. The van der Waals surface area contributed by atoms with Gasteiger partial charge in [0.2, 0.25) is 10.0 Å². The van der Waals surface area contributed by atoms with Gasteiger partial charge >= 0.3 is 0 Å². The normalized spacial score (nSPS) is 16.0. The highest BCUT2D eigenvalue weighted by Crippen LogP contribution is 2.16. The van der Waals surface area contributed by atoms with Crippen LogP contribution < -0.4 is 4.72 Å². The van der Waals surface area contributed by atoms with Gasteiger partial charge in [0.15, 0.2) is 0 Å². The highest BCUT2D eigenvalue weighted by molar-refractivity contribution is 7.89. The van der Waals surface area contributed by atoms with Crippen molar-refractivity contribution < 1.29 is 13.2 Å². The number of hydrogen-bond acceptors (Lipinski definition) is 4. The molecule has 2 aromatic rings. The maximum Gasteiger partial charge on any atom is 0.272 e. The molecule has 0 aliphatic carbocycles. The van der Waals surface area contributed by atoms with Crippen LogP contribution >= 0.6 is 0 Å². The van der Waals surface area contributed by atoms with Gasteiger partial charge in [0, 0.05) is 24.8 Å². The number of likely N-dealkylation sites (tertiary alicyclic amines) is 1. The van der Waals surface area contributed by atoms with Crippen LogP contribution in [-0.2, 0) is 10.0 Å². The Morgan fingerprint density at radius 2 is 1.76 bits per heavy atom. The second-order valence-electron chi connectivity index (χ2n) is 6.17. The number of benzene rings is 1. The molecule has 0 atom stereocenters. The summed E-state index contributed by atoms with van der Waals surface area (Å²) in [5.41, 5.74) is 1.24. The number of aryl methyl sites for hydroxylation is 1. The number of nitrogens with one attached hydrogen (secondary N) is 1. The number of aromatic nitrogens is 1. The van der Waals surface area contributed by atoms with Crippen molar-refractivity contribution in [3.63, 3.8) is 0 Å². The molecule has 1 aromatic heterocycles. The minimum absolute atomic E-state index is 0.104. The first-order chi connectivity index (χ1) is 12.0. The van der Waals surface area contributed by atoms with E-state index in [1.165, 1.54) is 0 Å². The van der Waals surface area contributed by atoms with Gasteiger partial charge in [0.05, 0.1) is 4.90 Å². The molecule has 0 unspecified atom stereocenters. The highest BCUT2D eigenvalue weighted by atomic mass is 32.2. The predicted octanol–water partition coefficient (Wildman–Crippen LogP) is 1.97. The van der Waals surface area contributed by atoms with E-state index >= 15 is 0 Å². The average Bonchev–Trinajstić information content (AvgIpc) is 2.62. The molecule has 1 aliphatic rings. The van der Waals surface area contributed by atoms with E-state index in [4.69, 9.17) is 0 Å². The topological polar surface area (TPSA) is 79.4 Å². The third-order valence-electron chi connectivity index (χ3n) is 4.26. The molecule has 0 spiro atoms. The summed E-state index contributed by atoms with van der Waals surface area (Å²) in [6.07, 6.45) is 1.17. The number of amides is 1. The van der Waals surface area contributed by atoms with Crippen molar-refractivity contribution in [2.24, 2.45) is 0 Å². The van der Waals surface area contributed by atoms with Crippen LogP contribution in [0.4, 0.5) is 0 Å². The molecule has 132 valence electrons. The number of pyridine rings is 1. The fourth-order valence-electron chi connectivity index (χ4n) is 2.91. The van der Waals surface area contributed by atoms with Crippen LogP contribution in [0.5, 0.6) is 0 Å². The Labute approximate surface area is 147 Å². The van der Waals surface area contributed by atoms with Crippen LogP contribution in [0.25, 0.3) is 0 Å². The van der Waals surface area contributed by atoms with Gasteiger partial charge in [-0.15, -0.1) is 0 Å². The first-order valence-corrected chi connectivity index (χ1v) is 9.74. The second kappa shape index (κ2) is 7.33. The summed E-state index contributed by atoms with van der Waals surface area (Å²) in [6, 6.07) is 13.5. The Kier molecular flexibility index (Phi) is 5.15. The van der Waals surface area contributed by atoms with Crippen molar-refractivity contribution in [3.05, 3.63) is 59.9 Å². The number of piperidine rings is 1. The molecule has 2 heterocycles. The van der Waals surface area contributed by atoms with Gasteiger partial charge in [-0.2, -0.15) is 0 Å². The minimum Gasteiger partial charge on any atom is -0.337 e. The summed E-state index contributed by atoms with van der Waals surface area (Å²) < 4.78 is 27.5. The fraction of sp³-hybridized carbons (Fsp3) is 0.333. The van der Waals surface area contributed by atoms with E-state index in [9.17, 15) is 13.2 Å². The maximum atomic E-state index is 12.5. The number of hydrogen-bond donors (Lipinski definition) is 1. The molecule has 1 fully saturated rings. The smallest absolute Gasteiger partial charge is 0.272 e. The van der Waals surface area contributed by atoms with E-state index < -0.39 is 10.0 Å². The van der Waals surface area contributed by atoms with Crippen LogP contribution in [0.1, 0.15) is 29.0 Å². The Balaban J connectivity index is 1.60. The predicted molar refractivity (Wildman–Crippen MR) is 94.7 cm³/mol. The van der Waals surface area contributed by atoms with Crippen LogP contribution in [-0.4, -0.2) is 43.3 Å². The molecule has 1 saturated heterocycles. The lowest BCUT2D eigenvalue weighted by atomic mass is 10.1. The van der Waals surface area contributed by atoms with Gasteiger partial charge in [0.1, 0.15) is 5.69 Å². The van der Waals surface area contributed by atoms with Gasteiger partial charge in [0.25, 0.3) is 5.91 Å². The second-order valence-corrected chi connectivity index (χ2v) is 7.88. The number of sulfonamides is 1. The van der Waals surface area contributed by atoms with Gasteiger partial charge in [-0.25, -0.2) is 18.1 Å². The zero-order valence-corrected chi connectivity index (χ0v) is 14.9. The Hall–Kier alpha value is -2.25. The van der Waals surface area contributed by atoms with Crippen molar-refractivity contribution in [3.8, 4) is 0 Å². The van der Waals surface area contributed by atoms with Gasteiger partial charge < -0.3 is 4.90 Å². The third kappa shape index (κ3) is 4.24. The number of carbonyl (C=O) groups excluding carboxylic acids is 1. The first-order valence-electron chi connectivity index (χ1n) is 8.26. The molecule has 1 amide bonds. The maximum absolute atomic E-state index is 12.5. The highest BCUT2D eigenvalue weighted by Gasteiger charge is 2.27. The monoisotopic (exact) mass is 359 g/mol. The van der Waals surface area contributed by atoms with Crippen molar-refractivity contribution >= 4 is 15.9 Å². The molecular weight excluding hydrogens is 338 g/mol. The van der Waals surface area contributed by atoms with Crippen molar-refractivity contribution in [1.82, 2.24) is 14.6 Å². The number of rotatable bonds is 4.